The number of amides is 3. The summed E-state index contributed by atoms with van der Waals surface area (Å²) < 4.78 is 5.21. The van der Waals surface area contributed by atoms with Crippen LogP contribution in [0.2, 0.25) is 0 Å². The van der Waals surface area contributed by atoms with Crippen LogP contribution < -0.4 is 10.6 Å². The fourth-order valence-electron chi connectivity index (χ4n) is 3.20. The maximum absolute atomic E-state index is 13.3. The third kappa shape index (κ3) is 8.05. The highest BCUT2D eigenvalue weighted by Gasteiger charge is 2.36. The van der Waals surface area contributed by atoms with Gasteiger partial charge in [-0.05, 0) is 53.0 Å². The fourth-order valence-corrected chi connectivity index (χ4v) is 3.20. The molecule has 0 heterocycles. The van der Waals surface area contributed by atoms with Gasteiger partial charge >= 0.3 is 6.09 Å². The number of phenols is 1. The van der Waals surface area contributed by atoms with Crippen LogP contribution in [0.3, 0.4) is 0 Å². The Bertz CT molecular complexity index is 788. The number of phenolic OH excluding ortho intramolecular Hbond substituents is 1. The lowest BCUT2D eigenvalue weighted by Gasteiger charge is -2.36. The molecule has 0 aliphatic carbocycles. The Morgan fingerprint density at radius 2 is 1.81 bits per heavy atom. The monoisotopic (exact) mass is 449 g/mol. The van der Waals surface area contributed by atoms with E-state index in [-0.39, 0.29) is 24.2 Å². The number of aryl methyl sites for hydroxylation is 1. The number of nitrogens with one attached hydrogen (secondary N) is 2. The van der Waals surface area contributed by atoms with E-state index in [1.54, 1.807) is 45.9 Å². The Labute approximate surface area is 191 Å². The highest BCUT2D eigenvalue weighted by atomic mass is 16.6. The van der Waals surface area contributed by atoms with Gasteiger partial charge in [-0.25, -0.2) is 4.79 Å². The molecule has 8 heteroatoms. The molecule has 8 nitrogen and oxygen atoms in total. The maximum atomic E-state index is 13.3. The summed E-state index contributed by atoms with van der Waals surface area (Å²) >= 11 is 0. The number of para-hydroxylation sites is 1. The predicted molar refractivity (Wildman–Crippen MR) is 124 cm³/mol. The summed E-state index contributed by atoms with van der Waals surface area (Å²) in [4.78, 5) is 40.0. The van der Waals surface area contributed by atoms with Crippen LogP contribution in [0.4, 0.5) is 4.79 Å². The molecule has 0 spiro atoms. The highest BCUT2D eigenvalue weighted by molar-refractivity contribution is 5.91. The number of hydrogen-bond donors (Lipinski definition) is 3. The molecule has 0 saturated carbocycles. The summed E-state index contributed by atoms with van der Waals surface area (Å²) in [5, 5.41) is 16.1. The van der Waals surface area contributed by atoms with E-state index in [0.29, 0.717) is 24.1 Å². The average molecular weight is 450 g/mol. The van der Waals surface area contributed by atoms with Gasteiger partial charge in [-0.3, -0.25) is 9.59 Å². The second-order valence-electron chi connectivity index (χ2n) is 8.97. The Kier molecular flexibility index (Phi) is 10.5. The molecule has 0 fully saturated rings. The number of unbranched alkanes of at least 4 members (excludes halogenated alkanes) is 1. The molecule has 3 amide bonds. The quantitative estimate of drug-likeness (QED) is 0.471. The van der Waals surface area contributed by atoms with E-state index in [9.17, 15) is 19.5 Å². The molecular formula is C24H39N3O5. The molecule has 0 aliphatic heterocycles. The van der Waals surface area contributed by atoms with Gasteiger partial charge in [-0.1, -0.05) is 38.5 Å². The highest BCUT2D eigenvalue weighted by Crippen LogP contribution is 2.33. The lowest BCUT2D eigenvalue weighted by Crippen LogP contribution is -2.51. The minimum atomic E-state index is -1.03. The van der Waals surface area contributed by atoms with Crippen molar-refractivity contribution in [2.24, 2.45) is 0 Å². The zero-order chi connectivity index (χ0) is 24.5. The van der Waals surface area contributed by atoms with Crippen LogP contribution in [0.15, 0.2) is 18.2 Å². The molecule has 2 unspecified atom stereocenters. The van der Waals surface area contributed by atoms with Crippen molar-refractivity contribution in [1.82, 2.24) is 15.5 Å². The molecule has 1 aromatic carbocycles. The average Bonchev–Trinajstić information content (AvgIpc) is 2.71. The number of aromatic hydroxyl groups is 1. The zero-order valence-corrected chi connectivity index (χ0v) is 20.4. The molecule has 0 radical (unpaired) electrons. The van der Waals surface area contributed by atoms with Crippen molar-refractivity contribution in [1.29, 1.82) is 0 Å². The van der Waals surface area contributed by atoms with Gasteiger partial charge in [0, 0.05) is 18.2 Å². The normalized spacial score (nSPS) is 13.1. The molecular weight excluding hydrogens is 410 g/mol. The van der Waals surface area contributed by atoms with E-state index in [1.807, 2.05) is 20.8 Å². The summed E-state index contributed by atoms with van der Waals surface area (Å²) in [6.45, 7) is 12.9. The lowest BCUT2D eigenvalue weighted by molar-refractivity contribution is -0.142. The molecule has 0 bridgehead atoms. The van der Waals surface area contributed by atoms with Crippen LogP contribution in [0, 0.1) is 6.92 Å². The number of hydrogen-bond acceptors (Lipinski definition) is 5. The van der Waals surface area contributed by atoms with E-state index in [1.165, 1.54) is 4.90 Å². The zero-order valence-electron chi connectivity index (χ0n) is 20.4. The smallest absolute Gasteiger partial charge is 0.408 e. The minimum absolute atomic E-state index is 0.0238. The number of rotatable bonds is 10. The van der Waals surface area contributed by atoms with E-state index >= 15 is 0 Å². The van der Waals surface area contributed by atoms with E-state index in [4.69, 9.17) is 4.74 Å². The van der Waals surface area contributed by atoms with Crippen LogP contribution >= 0.6 is 0 Å². The molecule has 32 heavy (non-hydrogen) atoms. The van der Waals surface area contributed by atoms with Crippen LogP contribution in [-0.4, -0.2) is 52.6 Å². The number of nitrogens with zero attached hydrogens (tertiary/aromatic N) is 1. The van der Waals surface area contributed by atoms with E-state index in [2.05, 4.69) is 10.6 Å². The molecule has 0 aliphatic rings. The van der Waals surface area contributed by atoms with Gasteiger partial charge < -0.3 is 25.4 Å². The molecule has 180 valence electrons. The summed E-state index contributed by atoms with van der Waals surface area (Å²) in [6, 6.07) is 3.79. The van der Waals surface area contributed by atoms with Gasteiger partial charge in [0.05, 0.1) is 0 Å². The summed E-state index contributed by atoms with van der Waals surface area (Å²) in [5.41, 5.74) is 0.265. The van der Waals surface area contributed by atoms with E-state index in [0.717, 1.165) is 12.8 Å². The summed E-state index contributed by atoms with van der Waals surface area (Å²) in [5.74, 6) is -0.837. The van der Waals surface area contributed by atoms with Gasteiger partial charge in [-0.2, -0.15) is 0 Å². The molecule has 0 aromatic heterocycles. The van der Waals surface area contributed by atoms with Crippen molar-refractivity contribution in [2.75, 3.05) is 13.1 Å². The second-order valence-corrected chi connectivity index (χ2v) is 8.97. The molecule has 1 rings (SSSR count). The minimum Gasteiger partial charge on any atom is -0.507 e. The SMILES string of the molecule is CCCCNC(=O)C(c1cccc(C)c1O)N(C(=O)CNC(=O)OC(C)(C)C)C(C)CC. The maximum Gasteiger partial charge on any atom is 0.408 e. The topological polar surface area (TPSA) is 108 Å². The van der Waals surface area contributed by atoms with Crippen molar-refractivity contribution >= 4 is 17.9 Å². The molecule has 3 N–H and O–H groups in total. The Morgan fingerprint density at radius 3 is 2.38 bits per heavy atom. The summed E-state index contributed by atoms with van der Waals surface area (Å²) in [7, 11) is 0. The van der Waals surface area contributed by atoms with Gasteiger partial charge in [0.25, 0.3) is 0 Å². The number of carbonyl (C=O) groups excluding carboxylic acids is 3. The standard InChI is InChI=1S/C24H39N3O5/c1-8-10-14-25-22(30)20(18-13-11-12-16(3)21(18)29)27(17(4)9-2)19(28)15-26-23(31)32-24(5,6)7/h11-13,17,20,29H,8-10,14-15H2,1-7H3,(H,25,30)(H,26,31). The van der Waals surface area contributed by atoms with Crippen LogP contribution in [0.1, 0.15) is 78.0 Å². The number of ether oxygens (including phenoxy) is 1. The van der Waals surface area contributed by atoms with Crippen molar-refractivity contribution in [2.45, 2.75) is 85.4 Å². The third-order valence-electron chi connectivity index (χ3n) is 5.06. The Hall–Kier alpha value is -2.77. The van der Waals surface area contributed by atoms with Crippen LogP contribution in [-0.2, 0) is 14.3 Å². The second kappa shape index (κ2) is 12.3. The van der Waals surface area contributed by atoms with Crippen molar-refractivity contribution < 1.29 is 24.2 Å². The predicted octanol–water partition coefficient (Wildman–Crippen LogP) is 3.81. The van der Waals surface area contributed by atoms with Gasteiger partial charge in [0.15, 0.2) is 0 Å². The van der Waals surface area contributed by atoms with Crippen LogP contribution in [0.25, 0.3) is 0 Å². The van der Waals surface area contributed by atoms with Gasteiger partial charge in [-0.15, -0.1) is 0 Å². The molecule has 0 saturated heterocycles. The lowest BCUT2D eigenvalue weighted by atomic mass is 9.98. The fraction of sp³-hybridized carbons (Fsp3) is 0.625. The first-order chi connectivity index (χ1) is 14.9. The van der Waals surface area contributed by atoms with E-state index < -0.39 is 23.6 Å². The number of carbonyl (C=O) groups is 3. The van der Waals surface area contributed by atoms with Crippen LogP contribution in [0.5, 0.6) is 5.75 Å². The molecule has 2 atom stereocenters. The first kappa shape index (κ1) is 27.3. The summed E-state index contributed by atoms with van der Waals surface area (Å²) in [6.07, 6.45) is 1.59. The molecule has 1 aromatic rings. The Morgan fingerprint density at radius 1 is 1.16 bits per heavy atom. The largest absolute Gasteiger partial charge is 0.507 e. The third-order valence-corrected chi connectivity index (χ3v) is 5.06. The first-order valence-electron chi connectivity index (χ1n) is 11.3. The van der Waals surface area contributed by atoms with Crippen molar-refractivity contribution in [3.63, 3.8) is 0 Å². The first-order valence-corrected chi connectivity index (χ1v) is 11.3. The van der Waals surface area contributed by atoms with Gasteiger partial charge in [0.2, 0.25) is 11.8 Å². The number of alkyl carbamates (subject to hydrolysis) is 1. The van der Waals surface area contributed by atoms with Crippen molar-refractivity contribution in [3.05, 3.63) is 29.3 Å². The van der Waals surface area contributed by atoms with Crippen molar-refractivity contribution in [3.8, 4) is 5.75 Å². The Balaban J connectivity index is 3.28. The van der Waals surface area contributed by atoms with Gasteiger partial charge in [0.1, 0.15) is 23.9 Å². The number of benzene rings is 1.